The molecule has 2 aromatic carbocycles. The van der Waals surface area contributed by atoms with Crippen LogP contribution in [-0.4, -0.2) is 9.97 Å². The molecule has 21 heavy (non-hydrogen) atoms. The Morgan fingerprint density at radius 1 is 0.952 bits per heavy atom. The molecule has 0 atom stereocenters. The highest BCUT2D eigenvalue weighted by Gasteiger charge is 2.18. The minimum Gasteiger partial charge on any atom is -0.398 e. The van der Waals surface area contributed by atoms with Crippen LogP contribution in [0.1, 0.15) is 0 Å². The van der Waals surface area contributed by atoms with E-state index < -0.39 is 0 Å². The molecule has 0 unspecified atom stereocenters. The molecule has 0 bridgehead atoms. The lowest BCUT2D eigenvalue weighted by atomic mass is 10.2. The Morgan fingerprint density at radius 2 is 1.67 bits per heavy atom. The molecule has 3 rings (SSSR count). The maximum Gasteiger partial charge on any atom is 0.138 e. The molecule has 0 amide bonds. The molecule has 3 aromatic rings. The predicted molar refractivity (Wildman–Crippen MR) is 90.4 cm³/mol. The van der Waals surface area contributed by atoms with E-state index in [0.29, 0.717) is 27.6 Å². The topological polar surface area (TPSA) is 80.7 Å². The third-order valence-corrected chi connectivity index (χ3v) is 4.65. The average molecular weight is 362 g/mol. The summed E-state index contributed by atoms with van der Waals surface area (Å²) in [5, 5.41) is 1.15. The highest BCUT2D eigenvalue weighted by molar-refractivity contribution is 6.50. The first-order valence-electron chi connectivity index (χ1n) is 5.77. The fourth-order valence-electron chi connectivity index (χ4n) is 1.95. The number of benzene rings is 2. The van der Waals surface area contributed by atoms with E-state index >= 15 is 0 Å². The summed E-state index contributed by atoms with van der Waals surface area (Å²) in [5.41, 5.74) is 13.9. The molecule has 108 valence electrons. The lowest BCUT2D eigenvalue weighted by Gasteiger charge is -2.03. The SMILES string of the molecule is Nc1ccc(-c2nc3c(Cl)c(N)c(Cl)c(Cl)c3[nH]2)cc1Cl. The molecular weight excluding hydrogens is 354 g/mol. The first-order valence-corrected chi connectivity index (χ1v) is 7.28. The van der Waals surface area contributed by atoms with Gasteiger partial charge < -0.3 is 16.5 Å². The number of aromatic nitrogens is 2. The van der Waals surface area contributed by atoms with Crippen LogP contribution >= 0.6 is 46.4 Å². The minimum atomic E-state index is 0.194. The first kappa shape index (κ1) is 14.6. The van der Waals surface area contributed by atoms with E-state index in [4.69, 9.17) is 57.9 Å². The number of hydrogen-bond acceptors (Lipinski definition) is 3. The van der Waals surface area contributed by atoms with Crippen molar-refractivity contribution in [1.82, 2.24) is 9.97 Å². The Kier molecular flexibility index (Phi) is 3.58. The molecule has 5 N–H and O–H groups in total. The normalized spacial score (nSPS) is 11.2. The summed E-state index contributed by atoms with van der Waals surface area (Å²) in [6.45, 7) is 0. The van der Waals surface area contributed by atoms with E-state index in [-0.39, 0.29) is 20.8 Å². The van der Waals surface area contributed by atoms with E-state index in [1.807, 2.05) is 0 Å². The number of fused-ring (bicyclic) bond motifs is 1. The summed E-state index contributed by atoms with van der Waals surface area (Å²) in [5.74, 6) is 0.539. The molecule has 0 aliphatic rings. The van der Waals surface area contributed by atoms with Crippen LogP contribution in [0.5, 0.6) is 0 Å². The van der Waals surface area contributed by atoms with Crippen LogP contribution < -0.4 is 11.5 Å². The van der Waals surface area contributed by atoms with Crippen molar-refractivity contribution in [2.75, 3.05) is 11.5 Å². The highest BCUT2D eigenvalue weighted by Crippen LogP contribution is 2.41. The van der Waals surface area contributed by atoms with Crippen LogP contribution in [0, 0.1) is 0 Å². The van der Waals surface area contributed by atoms with Gasteiger partial charge in [0.15, 0.2) is 0 Å². The molecule has 4 nitrogen and oxygen atoms in total. The second-order valence-corrected chi connectivity index (χ2v) is 5.94. The summed E-state index contributed by atoms with van der Waals surface area (Å²) in [4.78, 5) is 7.47. The number of nitrogens with two attached hydrogens (primary N) is 2. The van der Waals surface area contributed by atoms with Gasteiger partial charge in [0, 0.05) is 5.56 Å². The van der Waals surface area contributed by atoms with Gasteiger partial charge in [-0.2, -0.15) is 0 Å². The standard InChI is InChI=1S/C13H8Cl4N4/c14-5-3-4(1-2-6(5)18)13-20-11-8(16)7(15)10(19)9(17)12(11)21-13/h1-3H,18-19H2,(H,20,21). The van der Waals surface area contributed by atoms with E-state index in [1.165, 1.54) is 0 Å². The van der Waals surface area contributed by atoms with Crippen molar-refractivity contribution in [3.8, 4) is 11.4 Å². The number of H-pyrrole nitrogens is 1. The van der Waals surface area contributed by atoms with Gasteiger partial charge in [0.05, 0.1) is 37.0 Å². The fourth-order valence-corrected chi connectivity index (χ4v) is 2.84. The van der Waals surface area contributed by atoms with Gasteiger partial charge in [-0.25, -0.2) is 4.98 Å². The number of halogens is 4. The van der Waals surface area contributed by atoms with Crippen LogP contribution in [0.15, 0.2) is 18.2 Å². The van der Waals surface area contributed by atoms with Gasteiger partial charge in [-0.05, 0) is 18.2 Å². The van der Waals surface area contributed by atoms with Crippen molar-refractivity contribution in [2.24, 2.45) is 0 Å². The number of hydrogen-bond donors (Lipinski definition) is 3. The number of anilines is 2. The second kappa shape index (κ2) is 5.14. The number of imidazole rings is 1. The van der Waals surface area contributed by atoms with Gasteiger partial charge in [0.2, 0.25) is 0 Å². The number of nitrogen functional groups attached to an aromatic ring is 2. The Balaban J connectivity index is 2.28. The molecule has 0 radical (unpaired) electrons. The summed E-state index contributed by atoms with van der Waals surface area (Å²) < 4.78 is 0. The molecule has 0 aliphatic heterocycles. The average Bonchev–Trinajstić information content (AvgIpc) is 2.91. The van der Waals surface area contributed by atoms with Gasteiger partial charge >= 0.3 is 0 Å². The highest BCUT2D eigenvalue weighted by atomic mass is 35.5. The monoisotopic (exact) mass is 360 g/mol. The van der Waals surface area contributed by atoms with Crippen molar-refractivity contribution in [3.63, 3.8) is 0 Å². The molecule has 8 heteroatoms. The zero-order chi connectivity index (χ0) is 15.3. The van der Waals surface area contributed by atoms with Crippen LogP contribution in [-0.2, 0) is 0 Å². The quantitative estimate of drug-likeness (QED) is 0.421. The van der Waals surface area contributed by atoms with Crippen molar-refractivity contribution >= 4 is 68.8 Å². The maximum absolute atomic E-state index is 6.17. The lowest BCUT2D eigenvalue weighted by Crippen LogP contribution is -1.90. The molecule has 0 saturated heterocycles. The van der Waals surface area contributed by atoms with Crippen LogP contribution in [0.3, 0.4) is 0 Å². The first-order chi connectivity index (χ1) is 9.90. The molecule has 0 aliphatic carbocycles. The van der Waals surface area contributed by atoms with Crippen molar-refractivity contribution in [2.45, 2.75) is 0 Å². The van der Waals surface area contributed by atoms with Crippen molar-refractivity contribution in [1.29, 1.82) is 0 Å². The Morgan fingerprint density at radius 3 is 2.33 bits per heavy atom. The summed E-state index contributed by atoms with van der Waals surface area (Å²) in [6, 6.07) is 5.17. The van der Waals surface area contributed by atoms with Crippen LogP contribution in [0.4, 0.5) is 11.4 Å². The summed E-state index contributed by atoms with van der Waals surface area (Å²) >= 11 is 24.4. The lowest BCUT2D eigenvalue weighted by molar-refractivity contribution is 1.34. The van der Waals surface area contributed by atoms with Gasteiger partial charge in [0.25, 0.3) is 0 Å². The van der Waals surface area contributed by atoms with Crippen molar-refractivity contribution < 1.29 is 0 Å². The van der Waals surface area contributed by atoms with E-state index in [0.717, 1.165) is 5.56 Å². The number of nitrogens with zero attached hydrogens (tertiary/aromatic N) is 1. The van der Waals surface area contributed by atoms with E-state index in [9.17, 15) is 0 Å². The maximum atomic E-state index is 6.17. The molecule has 0 saturated carbocycles. The minimum absolute atomic E-state index is 0.194. The van der Waals surface area contributed by atoms with E-state index in [1.54, 1.807) is 18.2 Å². The van der Waals surface area contributed by atoms with Gasteiger partial charge in [-0.3, -0.25) is 0 Å². The zero-order valence-electron chi connectivity index (χ0n) is 10.3. The molecular formula is C13H8Cl4N4. The smallest absolute Gasteiger partial charge is 0.138 e. The van der Waals surface area contributed by atoms with Crippen molar-refractivity contribution in [3.05, 3.63) is 38.3 Å². The van der Waals surface area contributed by atoms with Gasteiger partial charge in [0.1, 0.15) is 11.3 Å². The largest absolute Gasteiger partial charge is 0.398 e. The van der Waals surface area contributed by atoms with E-state index in [2.05, 4.69) is 9.97 Å². The summed E-state index contributed by atoms with van der Waals surface area (Å²) in [6.07, 6.45) is 0. The van der Waals surface area contributed by atoms with Gasteiger partial charge in [-0.15, -0.1) is 0 Å². The molecule has 0 fully saturated rings. The zero-order valence-corrected chi connectivity index (χ0v) is 13.4. The molecule has 1 aromatic heterocycles. The Labute approximate surface area is 139 Å². The third kappa shape index (κ3) is 2.28. The second-order valence-electron chi connectivity index (χ2n) is 4.40. The number of rotatable bonds is 1. The van der Waals surface area contributed by atoms with Crippen LogP contribution in [0.2, 0.25) is 20.1 Å². The Hall–Kier alpha value is -1.33. The number of nitrogens with one attached hydrogen (secondary N) is 1. The third-order valence-electron chi connectivity index (χ3n) is 3.07. The number of aromatic amines is 1. The summed E-state index contributed by atoms with van der Waals surface area (Å²) in [7, 11) is 0. The van der Waals surface area contributed by atoms with Crippen LogP contribution in [0.25, 0.3) is 22.4 Å². The molecule has 1 heterocycles. The Bertz CT molecular complexity index is 827. The molecule has 0 spiro atoms. The van der Waals surface area contributed by atoms with Gasteiger partial charge in [-0.1, -0.05) is 46.4 Å². The fraction of sp³-hybridized carbons (Fsp3) is 0. The predicted octanol–water partition coefficient (Wildman–Crippen LogP) is 5.01.